The summed E-state index contributed by atoms with van der Waals surface area (Å²) in [6.07, 6.45) is 3.71. The van der Waals surface area contributed by atoms with Crippen LogP contribution in [0.25, 0.3) is 10.9 Å². The summed E-state index contributed by atoms with van der Waals surface area (Å²) in [6.45, 7) is 2.65. The zero-order valence-corrected chi connectivity index (χ0v) is 19.6. The van der Waals surface area contributed by atoms with E-state index in [0.717, 1.165) is 36.1 Å². The van der Waals surface area contributed by atoms with Crippen molar-refractivity contribution in [3.05, 3.63) is 46.1 Å². The molecule has 1 aliphatic heterocycles. The van der Waals surface area contributed by atoms with Crippen LogP contribution in [0.2, 0.25) is 0 Å². The lowest BCUT2D eigenvalue weighted by atomic mass is 9.95. The fraction of sp³-hybridized carbons (Fsp3) is 0.375. The normalized spacial score (nSPS) is 15.6. The van der Waals surface area contributed by atoms with Gasteiger partial charge in [0.1, 0.15) is 16.3 Å². The fourth-order valence-electron chi connectivity index (χ4n) is 4.46. The summed E-state index contributed by atoms with van der Waals surface area (Å²) in [7, 11) is 1.33. The number of aryl methyl sites for hydroxylation is 1. The lowest BCUT2D eigenvalue weighted by Gasteiger charge is -2.28. The maximum Gasteiger partial charge on any atom is 0.341 e. The number of benzene rings is 1. The smallest absolute Gasteiger partial charge is 0.341 e. The van der Waals surface area contributed by atoms with Crippen molar-refractivity contribution in [2.45, 2.75) is 25.7 Å². The molecule has 5 rings (SSSR count). The van der Waals surface area contributed by atoms with Crippen molar-refractivity contribution in [2.24, 2.45) is 0 Å². The minimum Gasteiger partial charge on any atom is -0.465 e. The molecule has 1 fully saturated rings. The fourth-order valence-corrected chi connectivity index (χ4v) is 5.73. The largest absolute Gasteiger partial charge is 0.465 e. The molecule has 0 atom stereocenters. The Hall–Kier alpha value is -3.24. The molecule has 1 aromatic carbocycles. The van der Waals surface area contributed by atoms with E-state index < -0.39 is 17.8 Å². The molecule has 0 spiro atoms. The number of urea groups is 1. The van der Waals surface area contributed by atoms with E-state index in [1.54, 1.807) is 12.1 Å². The second kappa shape index (κ2) is 9.55. The highest BCUT2D eigenvalue weighted by Gasteiger charge is 2.27. The average molecular weight is 485 g/mol. The molecule has 1 aliphatic carbocycles. The molecule has 2 N–H and O–H groups in total. The van der Waals surface area contributed by atoms with Crippen LogP contribution in [0.15, 0.2) is 24.3 Å². The van der Waals surface area contributed by atoms with Gasteiger partial charge in [0, 0.05) is 29.0 Å². The highest BCUT2D eigenvalue weighted by molar-refractivity contribution is 7.17. The van der Waals surface area contributed by atoms with Gasteiger partial charge in [0.05, 0.1) is 25.9 Å². The van der Waals surface area contributed by atoms with Crippen molar-refractivity contribution >= 4 is 50.7 Å². The summed E-state index contributed by atoms with van der Waals surface area (Å²) in [5, 5.41) is 6.47. The lowest BCUT2D eigenvalue weighted by molar-refractivity contribution is 0.0601. The van der Waals surface area contributed by atoms with Gasteiger partial charge in [0.2, 0.25) is 0 Å². The molecular formula is C24H25FN4O4S. The van der Waals surface area contributed by atoms with Gasteiger partial charge in [-0.05, 0) is 55.5 Å². The summed E-state index contributed by atoms with van der Waals surface area (Å²) in [6, 6.07) is 6.01. The van der Waals surface area contributed by atoms with E-state index in [0.29, 0.717) is 53.8 Å². The standard InChI is InChI=1S/C24H25FN4O4S/c1-32-23(30)20-16-4-2-3-5-18(16)34-22(20)28-24(31)26-15-12-14-6-7-19(27-21(14)17(25)13-15)29-8-10-33-11-9-29/h6-7,12-13H,2-5,8-11H2,1H3,(H2,26,28,31). The number of carbonyl (C=O) groups is 2. The first kappa shape index (κ1) is 22.5. The quantitative estimate of drug-likeness (QED) is 0.527. The van der Waals surface area contributed by atoms with Gasteiger partial charge >= 0.3 is 12.0 Å². The van der Waals surface area contributed by atoms with Crippen LogP contribution < -0.4 is 15.5 Å². The highest BCUT2D eigenvalue weighted by atomic mass is 32.1. The maximum absolute atomic E-state index is 14.9. The number of fused-ring (bicyclic) bond motifs is 2. The van der Waals surface area contributed by atoms with Gasteiger partial charge in [0.15, 0.2) is 5.82 Å². The SMILES string of the molecule is COC(=O)c1c(NC(=O)Nc2cc(F)c3nc(N4CCOCC4)ccc3c2)sc2c1CCCC2. The van der Waals surface area contributed by atoms with Crippen LogP contribution in [0.1, 0.15) is 33.6 Å². The number of thiophene rings is 1. The van der Waals surface area contributed by atoms with Gasteiger partial charge in [-0.2, -0.15) is 0 Å². The molecule has 0 bridgehead atoms. The molecule has 8 nitrogen and oxygen atoms in total. The summed E-state index contributed by atoms with van der Waals surface area (Å²) in [4.78, 5) is 32.8. The van der Waals surface area contributed by atoms with Crippen LogP contribution in [0.4, 0.5) is 25.7 Å². The molecule has 2 aromatic heterocycles. The minimum absolute atomic E-state index is 0.244. The Morgan fingerprint density at radius 2 is 1.94 bits per heavy atom. The second-order valence-corrected chi connectivity index (χ2v) is 9.39. The van der Waals surface area contributed by atoms with E-state index >= 15 is 0 Å². The Morgan fingerprint density at radius 3 is 2.74 bits per heavy atom. The summed E-state index contributed by atoms with van der Waals surface area (Å²) >= 11 is 1.39. The van der Waals surface area contributed by atoms with E-state index in [2.05, 4.69) is 20.5 Å². The van der Waals surface area contributed by atoms with Gasteiger partial charge in [-0.3, -0.25) is 5.32 Å². The maximum atomic E-state index is 14.9. The lowest BCUT2D eigenvalue weighted by Crippen LogP contribution is -2.36. The number of halogens is 1. The van der Waals surface area contributed by atoms with Crippen LogP contribution in [0.5, 0.6) is 0 Å². The number of esters is 1. The van der Waals surface area contributed by atoms with Crippen molar-refractivity contribution in [2.75, 3.05) is 48.9 Å². The average Bonchev–Trinajstić information content (AvgIpc) is 3.21. The molecule has 178 valence electrons. The zero-order chi connectivity index (χ0) is 23.7. The van der Waals surface area contributed by atoms with Crippen molar-refractivity contribution in [3.8, 4) is 0 Å². The van der Waals surface area contributed by atoms with E-state index in [9.17, 15) is 14.0 Å². The minimum atomic E-state index is -0.555. The first-order valence-electron chi connectivity index (χ1n) is 11.3. The van der Waals surface area contributed by atoms with Crippen LogP contribution in [-0.2, 0) is 22.3 Å². The zero-order valence-electron chi connectivity index (χ0n) is 18.8. The number of hydrogen-bond acceptors (Lipinski definition) is 7. The molecule has 10 heteroatoms. The number of pyridine rings is 1. The molecule has 0 radical (unpaired) electrons. The van der Waals surface area contributed by atoms with Crippen molar-refractivity contribution < 1.29 is 23.5 Å². The van der Waals surface area contributed by atoms with Crippen molar-refractivity contribution in [3.63, 3.8) is 0 Å². The number of nitrogens with zero attached hydrogens (tertiary/aromatic N) is 2. The van der Waals surface area contributed by atoms with Crippen molar-refractivity contribution in [1.82, 2.24) is 4.98 Å². The van der Waals surface area contributed by atoms with Crippen LogP contribution >= 0.6 is 11.3 Å². The van der Waals surface area contributed by atoms with E-state index in [4.69, 9.17) is 9.47 Å². The van der Waals surface area contributed by atoms with Crippen LogP contribution in [-0.4, -0.2) is 50.4 Å². The summed E-state index contributed by atoms with van der Waals surface area (Å²) < 4.78 is 25.2. The third kappa shape index (κ3) is 4.43. The predicted octanol–water partition coefficient (Wildman–Crippen LogP) is 4.58. The van der Waals surface area contributed by atoms with Crippen LogP contribution in [0.3, 0.4) is 0 Å². The Bertz CT molecular complexity index is 1260. The Balaban J connectivity index is 1.36. The second-order valence-electron chi connectivity index (χ2n) is 8.28. The van der Waals surface area contributed by atoms with Gasteiger partial charge in [-0.15, -0.1) is 11.3 Å². The third-order valence-corrected chi connectivity index (χ3v) is 7.32. The topological polar surface area (TPSA) is 92.8 Å². The predicted molar refractivity (Wildman–Crippen MR) is 130 cm³/mol. The first-order valence-corrected chi connectivity index (χ1v) is 12.1. The number of nitrogens with one attached hydrogen (secondary N) is 2. The van der Waals surface area contributed by atoms with Gasteiger partial charge < -0.3 is 19.7 Å². The molecule has 0 saturated carbocycles. The van der Waals surface area contributed by atoms with Gasteiger partial charge in [-0.1, -0.05) is 0 Å². The molecule has 0 unspecified atom stereocenters. The van der Waals surface area contributed by atoms with Crippen molar-refractivity contribution in [1.29, 1.82) is 0 Å². The number of carbonyl (C=O) groups excluding carboxylic acids is 2. The monoisotopic (exact) mass is 484 g/mol. The number of aromatic nitrogens is 1. The van der Waals surface area contributed by atoms with Crippen LogP contribution in [0, 0.1) is 5.82 Å². The molecular weight excluding hydrogens is 459 g/mol. The number of anilines is 3. The Labute approximate surface area is 200 Å². The Kier molecular flexibility index (Phi) is 6.34. The number of morpholine rings is 1. The molecule has 3 aromatic rings. The van der Waals surface area contributed by atoms with E-state index in [1.807, 2.05) is 6.07 Å². The third-order valence-electron chi connectivity index (χ3n) is 6.11. The number of hydrogen-bond donors (Lipinski definition) is 2. The molecule has 2 amide bonds. The number of rotatable bonds is 4. The Morgan fingerprint density at radius 1 is 1.15 bits per heavy atom. The molecule has 2 aliphatic rings. The van der Waals surface area contributed by atoms with E-state index in [-0.39, 0.29) is 5.52 Å². The van der Waals surface area contributed by atoms with Gasteiger partial charge in [0.25, 0.3) is 0 Å². The molecule has 3 heterocycles. The molecule has 34 heavy (non-hydrogen) atoms. The number of ether oxygens (including phenoxy) is 2. The van der Waals surface area contributed by atoms with Gasteiger partial charge in [-0.25, -0.2) is 19.0 Å². The molecule has 1 saturated heterocycles. The highest BCUT2D eigenvalue weighted by Crippen LogP contribution is 2.38. The van der Waals surface area contributed by atoms with E-state index in [1.165, 1.54) is 24.5 Å². The summed E-state index contributed by atoms with van der Waals surface area (Å²) in [5.74, 6) is -0.288. The summed E-state index contributed by atoms with van der Waals surface area (Å²) in [5.41, 5.74) is 1.91. The first-order chi connectivity index (χ1) is 16.5. The number of amides is 2. The number of methoxy groups -OCH3 is 1.